The summed E-state index contributed by atoms with van der Waals surface area (Å²) in [5.41, 5.74) is 10.7. The Hall–Kier alpha value is -2.60. The molecule has 2 fully saturated rings. The zero-order valence-electron chi connectivity index (χ0n) is 20.9. The molecule has 1 saturated carbocycles. The van der Waals surface area contributed by atoms with E-state index in [4.69, 9.17) is 5.73 Å². The molecule has 2 aliphatic rings. The summed E-state index contributed by atoms with van der Waals surface area (Å²) in [5.74, 6) is 0.691. The summed E-state index contributed by atoms with van der Waals surface area (Å²) in [5, 5.41) is 0. The van der Waals surface area contributed by atoms with Gasteiger partial charge >= 0.3 is 6.03 Å². The molecule has 2 aromatic rings. The van der Waals surface area contributed by atoms with Crippen molar-refractivity contribution in [2.45, 2.75) is 58.4 Å². The van der Waals surface area contributed by atoms with Gasteiger partial charge in [-0.1, -0.05) is 36.8 Å². The van der Waals surface area contributed by atoms with Crippen LogP contribution in [0.5, 0.6) is 0 Å². The summed E-state index contributed by atoms with van der Waals surface area (Å²) in [4.78, 5) is 23.6. The van der Waals surface area contributed by atoms with E-state index in [1.54, 1.807) is 4.90 Å². The Morgan fingerprint density at radius 1 is 1.12 bits per heavy atom. The summed E-state index contributed by atoms with van der Waals surface area (Å²) in [6, 6.07) is 10.6. The van der Waals surface area contributed by atoms with Gasteiger partial charge in [0.05, 0.1) is 11.9 Å². The fourth-order valence-electron chi connectivity index (χ4n) is 5.58. The normalized spacial score (nSPS) is 25.1. The minimum atomic E-state index is -0.424. The zero-order valence-corrected chi connectivity index (χ0v) is 20.9. The topological polar surface area (TPSA) is 65.7 Å². The summed E-state index contributed by atoms with van der Waals surface area (Å²) in [7, 11) is 4.38. The lowest BCUT2D eigenvalue weighted by Crippen LogP contribution is -2.50. The number of anilines is 2. The lowest BCUT2D eigenvalue weighted by Gasteiger charge is -2.50. The van der Waals surface area contributed by atoms with Crippen LogP contribution in [0.3, 0.4) is 0 Å². The predicted molar refractivity (Wildman–Crippen MR) is 136 cm³/mol. The van der Waals surface area contributed by atoms with Crippen molar-refractivity contribution < 1.29 is 4.79 Å². The number of benzene rings is 1. The van der Waals surface area contributed by atoms with E-state index >= 15 is 0 Å². The number of hydrogen-bond donors (Lipinski definition) is 1. The number of hydrogen-bond acceptors (Lipinski definition) is 4. The van der Waals surface area contributed by atoms with Crippen LogP contribution in [0.2, 0.25) is 0 Å². The number of rotatable bonds is 6. The standard InChI is InChI=1S/C27H39N5O/c1-20-8-6-9-22(16-20)27(30(4)5)12-10-26(3,11-13-27)19-32(25(28)33)24-21(2)17-23(18-29-24)31-14-7-15-31/h6,8-9,16-18H,7,10-15,19H2,1-5H3,(H2,28,33)/t26-,27-. The van der Waals surface area contributed by atoms with Gasteiger partial charge in [-0.05, 0) is 82.7 Å². The highest BCUT2D eigenvalue weighted by molar-refractivity contribution is 5.90. The first-order valence-electron chi connectivity index (χ1n) is 12.2. The number of carbonyl (C=O) groups excluding carboxylic acids is 1. The summed E-state index contributed by atoms with van der Waals surface area (Å²) in [6.45, 7) is 9.23. The van der Waals surface area contributed by atoms with Crippen LogP contribution in [0.15, 0.2) is 36.5 Å². The molecule has 2 N–H and O–H groups in total. The molecule has 2 heterocycles. The maximum Gasteiger partial charge on any atom is 0.320 e. The number of nitrogens with two attached hydrogens (primary N) is 1. The molecule has 1 aliphatic carbocycles. The van der Waals surface area contributed by atoms with Gasteiger partial charge in [0.25, 0.3) is 0 Å². The van der Waals surface area contributed by atoms with Gasteiger partial charge < -0.3 is 10.6 Å². The second kappa shape index (κ2) is 8.98. The van der Waals surface area contributed by atoms with Crippen LogP contribution in [-0.2, 0) is 5.54 Å². The molecule has 6 nitrogen and oxygen atoms in total. The van der Waals surface area contributed by atoms with Crippen molar-refractivity contribution in [3.8, 4) is 0 Å². The quantitative estimate of drug-likeness (QED) is 0.686. The van der Waals surface area contributed by atoms with Crippen LogP contribution in [-0.4, -0.2) is 49.6 Å². The minimum Gasteiger partial charge on any atom is -0.370 e. The number of nitrogens with zero attached hydrogens (tertiary/aromatic N) is 4. The van der Waals surface area contributed by atoms with Crippen LogP contribution in [0.1, 0.15) is 55.7 Å². The van der Waals surface area contributed by atoms with E-state index in [2.05, 4.69) is 73.1 Å². The van der Waals surface area contributed by atoms with E-state index in [0.29, 0.717) is 12.4 Å². The van der Waals surface area contributed by atoms with E-state index < -0.39 is 6.03 Å². The molecule has 1 aromatic heterocycles. The summed E-state index contributed by atoms with van der Waals surface area (Å²) < 4.78 is 0. The number of aromatic nitrogens is 1. The van der Waals surface area contributed by atoms with Crippen molar-refractivity contribution in [2.24, 2.45) is 11.1 Å². The average molecular weight is 450 g/mol. The third-order valence-electron chi connectivity index (χ3n) is 8.01. The van der Waals surface area contributed by atoms with E-state index in [-0.39, 0.29) is 11.0 Å². The first-order valence-corrected chi connectivity index (χ1v) is 12.2. The molecule has 1 saturated heterocycles. The molecule has 0 atom stereocenters. The number of amides is 2. The second-order valence-corrected chi connectivity index (χ2v) is 10.7. The lowest BCUT2D eigenvalue weighted by atomic mass is 9.65. The first-order chi connectivity index (χ1) is 15.6. The van der Waals surface area contributed by atoms with Gasteiger partial charge in [0, 0.05) is 25.2 Å². The monoisotopic (exact) mass is 449 g/mol. The summed E-state index contributed by atoms with van der Waals surface area (Å²) >= 11 is 0. The van der Waals surface area contributed by atoms with Gasteiger partial charge in [0.15, 0.2) is 0 Å². The highest BCUT2D eigenvalue weighted by Crippen LogP contribution is 2.48. The molecular weight excluding hydrogens is 410 g/mol. The van der Waals surface area contributed by atoms with Gasteiger partial charge in [-0.3, -0.25) is 9.80 Å². The maximum absolute atomic E-state index is 12.5. The van der Waals surface area contributed by atoms with E-state index in [9.17, 15) is 4.79 Å². The number of carbonyl (C=O) groups is 1. The highest BCUT2D eigenvalue weighted by Gasteiger charge is 2.44. The van der Waals surface area contributed by atoms with Crippen LogP contribution in [0.25, 0.3) is 0 Å². The Kier molecular flexibility index (Phi) is 6.41. The molecule has 33 heavy (non-hydrogen) atoms. The van der Waals surface area contributed by atoms with Crippen LogP contribution < -0.4 is 15.5 Å². The molecule has 178 valence electrons. The molecule has 0 bridgehead atoms. The Bertz CT molecular complexity index is 1010. The third-order valence-corrected chi connectivity index (χ3v) is 8.01. The van der Waals surface area contributed by atoms with Crippen molar-refractivity contribution >= 4 is 17.5 Å². The second-order valence-electron chi connectivity index (χ2n) is 10.7. The molecule has 1 aromatic carbocycles. The largest absolute Gasteiger partial charge is 0.370 e. The zero-order chi connectivity index (χ0) is 23.8. The van der Waals surface area contributed by atoms with Crippen molar-refractivity contribution in [3.05, 3.63) is 53.2 Å². The maximum atomic E-state index is 12.5. The van der Waals surface area contributed by atoms with Gasteiger partial charge in [-0.15, -0.1) is 0 Å². The van der Waals surface area contributed by atoms with Gasteiger partial charge in [-0.25, -0.2) is 9.78 Å². The van der Waals surface area contributed by atoms with E-state index in [1.165, 1.54) is 17.5 Å². The van der Waals surface area contributed by atoms with Crippen LogP contribution >= 0.6 is 0 Å². The summed E-state index contributed by atoms with van der Waals surface area (Å²) in [6.07, 6.45) is 7.25. The molecule has 0 radical (unpaired) electrons. The van der Waals surface area contributed by atoms with Crippen LogP contribution in [0, 0.1) is 19.3 Å². The molecule has 2 amide bonds. The van der Waals surface area contributed by atoms with Crippen molar-refractivity contribution in [2.75, 3.05) is 43.5 Å². The fraction of sp³-hybridized carbons (Fsp3) is 0.556. The molecule has 0 unspecified atom stereocenters. The fourth-order valence-corrected chi connectivity index (χ4v) is 5.58. The first kappa shape index (κ1) is 23.6. The Balaban J connectivity index is 1.53. The van der Waals surface area contributed by atoms with Crippen molar-refractivity contribution in [3.63, 3.8) is 0 Å². The molecule has 4 rings (SSSR count). The smallest absolute Gasteiger partial charge is 0.320 e. The molecular formula is C27H39N5O. The Morgan fingerprint density at radius 3 is 2.33 bits per heavy atom. The lowest BCUT2D eigenvalue weighted by molar-refractivity contribution is 0.0458. The molecule has 1 aliphatic heterocycles. The molecule has 0 spiro atoms. The number of primary amides is 1. The van der Waals surface area contributed by atoms with E-state index in [0.717, 1.165) is 50.0 Å². The minimum absolute atomic E-state index is 0.0113. The number of aryl methyl sites for hydroxylation is 2. The van der Waals surface area contributed by atoms with Crippen molar-refractivity contribution in [1.29, 1.82) is 0 Å². The predicted octanol–water partition coefficient (Wildman–Crippen LogP) is 4.83. The van der Waals surface area contributed by atoms with E-state index in [1.807, 2.05) is 13.1 Å². The average Bonchev–Trinajstić information content (AvgIpc) is 2.72. The highest BCUT2D eigenvalue weighted by atomic mass is 16.2. The Labute approximate surface area is 198 Å². The van der Waals surface area contributed by atoms with Crippen molar-refractivity contribution in [1.82, 2.24) is 9.88 Å². The van der Waals surface area contributed by atoms with Crippen LogP contribution in [0.4, 0.5) is 16.3 Å². The SMILES string of the molecule is Cc1cccc([C@]2(N(C)C)CC[C@](C)(CN(C(N)=O)c3ncc(N4CCC4)cc3C)CC2)c1. The molecule has 6 heteroatoms. The number of pyridine rings is 1. The number of urea groups is 1. The van der Waals surface area contributed by atoms with Gasteiger partial charge in [-0.2, -0.15) is 0 Å². The Morgan fingerprint density at radius 2 is 1.82 bits per heavy atom. The van der Waals surface area contributed by atoms with Gasteiger partial charge in [0.2, 0.25) is 0 Å². The third kappa shape index (κ3) is 4.58. The van der Waals surface area contributed by atoms with Gasteiger partial charge in [0.1, 0.15) is 5.82 Å².